The van der Waals surface area contributed by atoms with E-state index in [9.17, 15) is 4.79 Å². The van der Waals surface area contributed by atoms with Crippen molar-refractivity contribution in [1.29, 1.82) is 0 Å². The Hall–Kier alpha value is -0.320. The number of ketones is 1. The van der Waals surface area contributed by atoms with Crippen LogP contribution in [0.3, 0.4) is 0 Å². The van der Waals surface area contributed by atoms with Gasteiger partial charge in [-0.1, -0.05) is 0 Å². The number of Topliss-reactive ketones (excluding diaryl/α,β-unsaturated/α-hetero) is 1. The number of likely N-dealkylation sites (N-methyl/N-ethyl adjacent to an activating group) is 1. The van der Waals surface area contributed by atoms with E-state index in [-0.39, 0.29) is 6.04 Å². The van der Waals surface area contributed by atoms with Crippen molar-refractivity contribution in [2.45, 2.75) is 12.5 Å². The number of carbonyl (C=O) groups excluding carboxylic acids is 1. The number of carbonyl (C=O) groups is 1. The van der Waals surface area contributed by atoms with Gasteiger partial charge in [-0.15, -0.1) is 0 Å². The highest BCUT2D eigenvalue weighted by Crippen LogP contribution is 2.17. The van der Waals surface area contributed by atoms with Gasteiger partial charge in [-0.05, 0) is 29.4 Å². The Balaban J connectivity index is 1.95. The number of nitrogens with zero attached hydrogens (tertiary/aromatic N) is 1. The van der Waals surface area contributed by atoms with Crippen molar-refractivity contribution in [2.24, 2.45) is 0 Å². The highest BCUT2D eigenvalue weighted by Gasteiger charge is 2.25. The fraction of sp³-hybridized carbons (Fsp3) is 0.545. The zero-order valence-corrected chi connectivity index (χ0v) is 10.4. The second kappa shape index (κ2) is 5.14. The summed E-state index contributed by atoms with van der Waals surface area (Å²) in [6, 6.07) is 2.17. The smallest absolute Gasteiger partial charge is 0.155 e. The second-order valence-electron chi connectivity index (χ2n) is 3.85. The molecule has 1 aliphatic heterocycles. The summed E-state index contributed by atoms with van der Waals surface area (Å²) in [5.41, 5.74) is 1.16. The molecule has 1 aromatic rings. The Morgan fingerprint density at radius 3 is 3.20 bits per heavy atom. The Bertz CT molecular complexity index is 323. The fourth-order valence-electron chi connectivity index (χ4n) is 1.74. The average Bonchev–Trinajstić information content (AvgIpc) is 2.71. The molecular weight excluding hydrogens is 226 g/mol. The van der Waals surface area contributed by atoms with Gasteiger partial charge in [0, 0.05) is 24.5 Å². The molecule has 0 aliphatic carbocycles. The molecule has 0 radical (unpaired) electrons. The van der Waals surface area contributed by atoms with Crippen molar-refractivity contribution in [3.63, 3.8) is 0 Å². The van der Waals surface area contributed by atoms with E-state index in [0.29, 0.717) is 12.2 Å². The van der Waals surface area contributed by atoms with Crippen LogP contribution in [0.15, 0.2) is 16.8 Å². The molecule has 0 saturated carbocycles. The number of hydrogen-bond donors (Lipinski definition) is 0. The van der Waals surface area contributed by atoms with E-state index in [4.69, 9.17) is 0 Å². The number of hydrogen-bond acceptors (Lipinski definition) is 4. The van der Waals surface area contributed by atoms with Gasteiger partial charge in [0.05, 0.1) is 6.04 Å². The molecule has 0 bridgehead atoms. The molecule has 0 spiro atoms. The lowest BCUT2D eigenvalue weighted by Gasteiger charge is -2.30. The third kappa shape index (κ3) is 2.83. The molecule has 0 amide bonds. The maximum atomic E-state index is 12.0. The van der Waals surface area contributed by atoms with Gasteiger partial charge in [-0.2, -0.15) is 23.1 Å². The summed E-state index contributed by atoms with van der Waals surface area (Å²) in [7, 11) is 2.05. The maximum absolute atomic E-state index is 12.0. The van der Waals surface area contributed by atoms with E-state index in [1.54, 1.807) is 11.3 Å². The molecule has 0 aromatic carbocycles. The molecule has 1 aliphatic rings. The van der Waals surface area contributed by atoms with E-state index in [1.165, 1.54) is 0 Å². The van der Waals surface area contributed by atoms with Crippen LogP contribution in [0.25, 0.3) is 0 Å². The molecule has 82 valence electrons. The first-order valence-corrected chi connectivity index (χ1v) is 7.19. The lowest BCUT2D eigenvalue weighted by molar-refractivity contribution is -0.122. The third-order valence-electron chi connectivity index (χ3n) is 2.73. The van der Waals surface area contributed by atoms with Gasteiger partial charge in [0.2, 0.25) is 0 Å². The first-order chi connectivity index (χ1) is 7.27. The van der Waals surface area contributed by atoms with Crippen LogP contribution >= 0.6 is 23.1 Å². The standard InChI is InChI=1S/C11H15NOS2/c1-12-3-5-15-8-10(12)11(13)6-9-2-4-14-7-9/h2,4,7,10H,3,5-6,8H2,1H3. The Kier molecular flexibility index (Phi) is 3.83. The number of rotatable bonds is 3. The topological polar surface area (TPSA) is 20.3 Å². The summed E-state index contributed by atoms with van der Waals surface area (Å²) in [6.07, 6.45) is 0.596. The van der Waals surface area contributed by atoms with Crippen molar-refractivity contribution in [3.8, 4) is 0 Å². The molecule has 0 N–H and O–H groups in total. The van der Waals surface area contributed by atoms with Crippen LogP contribution in [-0.4, -0.2) is 41.8 Å². The van der Waals surface area contributed by atoms with Crippen LogP contribution < -0.4 is 0 Å². The Morgan fingerprint density at radius 1 is 1.67 bits per heavy atom. The maximum Gasteiger partial charge on any atom is 0.155 e. The van der Waals surface area contributed by atoms with Gasteiger partial charge < -0.3 is 0 Å². The van der Waals surface area contributed by atoms with Crippen molar-refractivity contribution in [1.82, 2.24) is 4.90 Å². The summed E-state index contributed by atoms with van der Waals surface area (Å²) >= 11 is 3.55. The lowest BCUT2D eigenvalue weighted by Crippen LogP contribution is -2.45. The zero-order chi connectivity index (χ0) is 10.7. The predicted molar refractivity (Wildman–Crippen MR) is 66.8 cm³/mol. The first kappa shape index (κ1) is 11.2. The van der Waals surface area contributed by atoms with Gasteiger partial charge in [0.1, 0.15) is 0 Å². The van der Waals surface area contributed by atoms with E-state index < -0.39 is 0 Å². The quantitative estimate of drug-likeness (QED) is 0.806. The van der Waals surface area contributed by atoms with Crippen molar-refractivity contribution >= 4 is 28.9 Å². The van der Waals surface area contributed by atoms with Crippen molar-refractivity contribution in [3.05, 3.63) is 22.4 Å². The van der Waals surface area contributed by atoms with Gasteiger partial charge in [-0.25, -0.2) is 0 Å². The van der Waals surface area contributed by atoms with Crippen LogP contribution in [-0.2, 0) is 11.2 Å². The van der Waals surface area contributed by atoms with Crippen LogP contribution in [0.4, 0.5) is 0 Å². The molecule has 4 heteroatoms. The van der Waals surface area contributed by atoms with Gasteiger partial charge in [0.15, 0.2) is 5.78 Å². The molecule has 1 saturated heterocycles. The number of thiophene rings is 1. The average molecular weight is 241 g/mol. The highest BCUT2D eigenvalue weighted by atomic mass is 32.2. The molecule has 1 aromatic heterocycles. The third-order valence-corrected chi connectivity index (χ3v) is 4.48. The minimum atomic E-state index is 0.128. The van der Waals surface area contributed by atoms with Gasteiger partial charge in [0.25, 0.3) is 0 Å². The van der Waals surface area contributed by atoms with E-state index in [1.807, 2.05) is 23.2 Å². The van der Waals surface area contributed by atoms with E-state index >= 15 is 0 Å². The van der Waals surface area contributed by atoms with Crippen LogP contribution in [0.1, 0.15) is 5.56 Å². The summed E-state index contributed by atoms with van der Waals surface area (Å²) in [5, 5.41) is 4.09. The van der Waals surface area contributed by atoms with Gasteiger partial charge in [-0.3, -0.25) is 9.69 Å². The van der Waals surface area contributed by atoms with E-state index in [2.05, 4.69) is 17.3 Å². The van der Waals surface area contributed by atoms with Crippen LogP contribution in [0, 0.1) is 0 Å². The highest BCUT2D eigenvalue weighted by molar-refractivity contribution is 7.99. The van der Waals surface area contributed by atoms with Gasteiger partial charge >= 0.3 is 0 Å². The molecule has 2 nitrogen and oxygen atoms in total. The predicted octanol–water partition coefficient (Wildman–Crippen LogP) is 1.91. The zero-order valence-electron chi connectivity index (χ0n) is 8.81. The summed E-state index contributed by atoms with van der Waals surface area (Å²) in [4.78, 5) is 14.2. The molecule has 15 heavy (non-hydrogen) atoms. The minimum Gasteiger partial charge on any atom is -0.298 e. The fourth-order valence-corrected chi connectivity index (χ4v) is 3.65. The lowest BCUT2D eigenvalue weighted by atomic mass is 10.1. The Labute approximate surface area is 98.7 Å². The molecule has 1 atom stereocenters. The summed E-state index contributed by atoms with van der Waals surface area (Å²) < 4.78 is 0. The van der Waals surface area contributed by atoms with Crippen LogP contribution in [0.5, 0.6) is 0 Å². The SMILES string of the molecule is CN1CCSCC1C(=O)Cc1ccsc1. The summed E-state index contributed by atoms with van der Waals surface area (Å²) in [5.74, 6) is 2.47. The van der Waals surface area contributed by atoms with Crippen molar-refractivity contribution in [2.75, 3.05) is 25.1 Å². The molecular formula is C11H15NOS2. The molecule has 2 heterocycles. The normalized spacial score (nSPS) is 22.9. The van der Waals surface area contributed by atoms with Crippen molar-refractivity contribution < 1.29 is 4.79 Å². The first-order valence-electron chi connectivity index (χ1n) is 5.09. The second-order valence-corrected chi connectivity index (χ2v) is 5.78. The Morgan fingerprint density at radius 2 is 2.53 bits per heavy atom. The monoisotopic (exact) mass is 241 g/mol. The molecule has 1 unspecified atom stereocenters. The van der Waals surface area contributed by atoms with Crippen LogP contribution in [0.2, 0.25) is 0 Å². The van der Waals surface area contributed by atoms with E-state index in [0.717, 1.165) is 23.6 Å². The minimum absolute atomic E-state index is 0.128. The molecule has 2 rings (SSSR count). The number of thioether (sulfide) groups is 1. The molecule has 1 fully saturated rings. The largest absolute Gasteiger partial charge is 0.298 e. The summed E-state index contributed by atoms with van der Waals surface area (Å²) in [6.45, 7) is 1.03.